The van der Waals surface area contributed by atoms with Gasteiger partial charge in [0.2, 0.25) is 5.91 Å². The van der Waals surface area contributed by atoms with E-state index in [9.17, 15) is 4.79 Å². The first kappa shape index (κ1) is 18.1. The van der Waals surface area contributed by atoms with Crippen LogP contribution in [-0.2, 0) is 16.0 Å². The first-order valence-corrected chi connectivity index (χ1v) is 9.84. The molecule has 5 nitrogen and oxygen atoms in total. The van der Waals surface area contributed by atoms with Crippen LogP contribution < -0.4 is 15.1 Å². The SMILES string of the molecule is O=C(CNc1cc(Cl)ccc1N1CCOCC1)N1CCCc2ccccc21. The standard InChI is InChI=1S/C21H24ClN3O2/c22-17-7-8-20(24-10-12-27-13-11-24)18(14-17)23-15-21(26)25-9-3-5-16-4-1-2-6-19(16)25/h1-2,4,6-8,14,23H,3,5,9-13,15H2. The van der Waals surface area contributed by atoms with Gasteiger partial charge in [-0.1, -0.05) is 29.8 Å². The highest BCUT2D eigenvalue weighted by molar-refractivity contribution is 6.31. The van der Waals surface area contributed by atoms with Crippen LogP contribution in [0.3, 0.4) is 0 Å². The summed E-state index contributed by atoms with van der Waals surface area (Å²) in [6.07, 6.45) is 2.03. The number of morpholine rings is 1. The van der Waals surface area contributed by atoms with Crippen molar-refractivity contribution in [3.63, 3.8) is 0 Å². The van der Waals surface area contributed by atoms with Gasteiger partial charge in [0.25, 0.3) is 0 Å². The molecule has 1 saturated heterocycles. The minimum absolute atomic E-state index is 0.0788. The lowest BCUT2D eigenvalue weighted by Crippen LogP contribution is -2.39. The Morgan fingerprint density at radius 3 is 2.74 bits per heavy atom. The van der Waals surface area contributed by atoms with Crippen molar-refractivity contribution in [2.75, 3.05) is 54.5 Å². The number of anilines is 3. The van der Waals surface area contributed by atoms with Gasteiger partial charge in [-0.2, -0.15) is 0 Å². The van der Waals surface area contributed by atoms with Crippen LogP contribution in [0.15, 0.2) is 42.5 Å². The highest BCUT2D eigenvalue weighted by atomic mass is 35.5. The molecule has 0 saturated carbocycles. The Morgan fingerprint density at radius 1 is 1.07 bits per heavy atom. The summed E-state index contributed by atoms with van der Waals surface area (Å²) < 4.78 is 5.45. The lowest BCUT2D eigenvalue weighted by Gasteiger charge is -2.32. The highest BCUT2D eigenvalue weighted by Crippen LogP contribution is 2.30. The second-order valence-corrected chi connectivity index (χ2v) is 7.33. The van der Waals surface area contributed by atoms with Crippen LogP contribution in [0.5, 0.6) is 0 Å². The molecule has 4 rings (SSSR count). The predicted molar refractivity (Wildman–Crippen MR) is 110 cm³/mol. The molecule has 0 radical (unpaired) electrons. The molecule has 0 aliphatic carbocycles. The van der Waals surface area contributed by atoms with Gasteiger partial charge in [-0.25, -0.2) is 0 Å². The Bertz CT molecular complexity index is 821. The van der Waals surface area contributed by atoms with Crippen LogP contribution >= 0.6 is 11.6 Å². The van der Waals surface area contributed by atoms with E-state index in [1.807, 2.05) is 41.3 Å². The zero-order valence-electron chi connectivity index (χ0n) is 15.3. The van der Waals surface area contributed by atoms with Gasteiger partial charge < -0.3 is 19.9 Å². The van der Waals surface area contributed by atoms with Crippen LogP contribution in [0.4, 0.5) is 17.1 Å². The van der Waals surface area contributed by atoms with Crippen molar-refractivity contribution >= 4 is 34.6 Å². The number of carbonyl (C=O) groups is 1. The Balaban J connectivity index is 1.49. The van der Waals surface area contributed by atoms with Gasteiger partial charge in [0.15, 0.2) is 0 Å². The van der Waals surface area contributed by atoms with Crippen LogP contribution in [0, 0.1) is 0 Å². The van der Waals surface area contributed by atoms with Gasteiger partial charge >= 0.3 is 0 Å². The van der Waals surface area contributed by atoms with E-state index in [0.29, 0.717) is 18.2 Å². The van der Waals surface area contributed by atoms with Crippen LogP contribution in [0.2, 0.25) is 5.02 Å². The van der Waals surface area contributed by atoms with E-state index in [1.165, 1.54) is 5.56 Å². The summed E-state index contributed by atoms with van der Waals surface area (Å²) in [6, 6.07) is 14.0. The lowest BCUT2D eigenvalue weighted by atomic mass is 10.0. The van der Waals surface area contributed by atoms with Gasteiger partial charge in [0.05, 0.1) is 31.1 Å². The number of amides is 1. The average Bonchev–Trinajstić information content (AvgIpc) is 2.72. The molecule has 0 aromatic heterocycles. The molecule has 6 heteroatoms. The number of benzene rings is 2. The fourth-order valence-corrected chi connectivity index (χ4v) is 3.96. The van der Waals surface area contributed by atoms with E-state index in [1.54, 1.807) is 0 Å². The van der Waals surface area contributed by atoms with Crippen molar-refractivity contribution in [2.24, 2.45) is 0 Å². The normalized spacial score (nSPS) is 16.8. The van der Waals surface area contributed by atoms with Crippen LogP contribution in [0.1, 0.15) is 12.0 Å². The fraction of sp³-hybridized carbons (Fsp3) is 0.381. The third-order valence-electron chi connectivity index (χ3n) is 5.15. The van der Waals surface area contributed by atoms with Crippen molar-refractivity contribution < 1.29 is 9.53 Å². The molecule has 2 aliphatic heterocycles. The number of aryl methyl sites for hydroxylation is 1. The number of rotatable bonds is 4. The Morgan fingerprint density at radius 2 is 1.89 bits per heavy atom. The van der Waals surface area contributed by atoms with E-state index in [2.05, 4.69) is 16.3 Å². The third-order valence-corrected chi connectivity index (χ3v) is 5.39. The molecule has 0 unspecified atom stereocenters. The number of hydrogen-bond donors (Lipinski definition) is 1. The largest absolute Gasteiger partial charge is 0.378 e. The first-order valence-electron chi connectivity index (χ1n) is 9.47. The van der Waals surface area contributed by atoms with E-state index < -0.39 is 0 Å². The number of hydrogen-bond acceptors (Lipinski definition) is 4. The molecule has 0 atom stereocenters. The molecule has 2 aromatic rings. The maximum atomic E-state index is 12.9. The topological polar surface area (TPSA) is 44.8 Å². The zero-order chi connectivity index (χ0) is 18.6. The third kappa shape index (κ3) is 4.04. The number of para-hydroxylation sites is 1. The average molecular weight is 386 g/mol. The Kier molecular flexibility index (Phi) is 5.50. The van der Waals surface area contributed by atoms with Crippen molar-refractivity contribution in [1.29, 1.82) is 0 Å². The zero-order valence-corrected chi connectivity index (χ0v) is 16.0. The Hall–Kier alpha value is -2.24. The van der Waals surface area contributed by atoms with Gasteiger partial charge in [0, 0.05) is 30.3 Å². The highest BCUT2D eigenvalue weighted by Gasteiger charge is 2.22. The second kappa shape index (κ2) is 8.19. The lowest BCUT2D eigenvalue weighted by molar-refractivity contribution is -0.117. The van der Waals surface area contributed by atoms with Crippen LogP contribution in [0.25, 0.3) is 0 Å². The van der Waals surface area contributed by atoms with Gasteiger partial charge in [0.1, 0.15) is 0 Å². The molecule has 0 spiro atoms. The van der Waals surface area contributed by atoms with E-state index in [-0.39, 0.29) is 12.5 Å². The van der Waals surface area contributed by atoms with Crippen LogP contribution in [-0.4, -0.2) is 45.3 Å². The molecule has 1 N–H and O–H groups in total. The Labute approximate surface area is 164 Å². The first-order chi connectivity index (χ1) is 13.2. The molecule has 1 amide bonds. The number of nitrogens with zero attached hydrogens (tertiary/aromatic N) is 2. The van der Waals surface area contributed by atoms with E-state index >= 15 is 0 Å². The second-order valence-electron chi connectivity index (χ2n) is 6.89. The van der Waals surface area contributed by atoms with Crippen molar-refractivity contribution in [3.05, 3.63) is 53.1 Å². The number of halogens is 1. The molecule has 27 heavy (non-hydrogen) atoms. The number of fused-ring (bicyclic) bond motifs is 1. The van der Waals surface area contributed by atoms with E-state index in [0.717, 1.165) is 49.5 Å². The molecule has 2 heterocycles. The fourth-order valence-electron chi connectivity index (χ4n) is 3.79. The van der Waals surface area contributed by atoms with Crippen molar-refractivity contribution in [2.45, 2.75) is 12.8 Å². The van der Waals surface area contributed by atoms with Crippen molar-refractivity contribution in [3.8, 4) is 0 Å². The molecule has 0 bridgehead atoms. The molecular weight excluding hydrogens is 362 g/mol. The monoisotopic (exact) mass is 385 g/mol. The number of carbonyl (C=O) groups excluding carboxylic acids is 1. The minimum atomic E-state index is 0.0788. The summed E-state index contributed by atoms with van der Waals surface area (Å²) in [5.41, 5.74) is 4.24. The molecule has 2 aliphatic rings. The molecular formula is C21H24ClN3O2. The quantitative estimate of drug-likeness (QED) is 0.873. The summed E-state index contributed by atoms with van der Waals surface area (Å²) in [4.78, 5) is 17.1. The van der Waals surface area contributed by atoms with Crippen molar-refractivity contribution in [1.82, 2.24) is 0 Å². The van der Waals surface area contributed by atoms with Gasteiger partial charge in [-0.05, 0) is 42.7 Å². The summed E-state index contributed by atoms with van der Waals surface area (Å²) >= 11 is 6.21. The summed E-state index contributed by atoms with van der Waals surface area (Å²) in [5, 5.41) is 3.98. The number of nitrogens with one attached hydrogen (secondary N) is 1. The maximum Gasteiger partial charge on any atom is 0.246 e. The summed E-state index contributed by atoms with van der Waals surface area (Å²) in [6.45, 7) is 4.11. The van der Waals surface area contributed by atoms with E-state index in [4.69, 9.17) is 16.3 Å². The molecule has 2 aromatic carbocycles. The van der Waals surface area contributed by atoms with Gasteiger partial charge in [-0.3, -0.25) is 4.79 Å². The smallest absolute Gasteiger partial charge is 0.246 e. The molecule has 142 valence electrons. The van der Waals surface area contributed by atoms with Gasteiger partial charge in [-0.15, -0.1) is 0 Å². The predicted octanol–water partition coefficient (Wildman–Crippen LogP) is 3.57. The summed E-state index contributed by atoms with van der Waals surface area (Å²) in [5.74, 6) is 0.0788. The minimum Gasteiger partial charge on any atom is -0.378 e. The summed E-state index contributed by atoms with van der Waals surface area (Å²) in [7, 11) is 0. The maximum absolute atomic E-state index is 12.9. The molecule has 1 fully saturated rings. The number of ether oxygens (including phenoxy) is 1.